The lowest BCUT2D eigenvalue weighted by molar-refractivity contribution is 0.0734. The minimum Gasteiger partial charge on any atom is -0.493 e. The molecule has 0 unspecified atom stereocenters. The number of rotatable bonds is 6. The molecule has 154 valence electrons. The second kappa shape index (κ2) is 8.99. The molecule has 1 aliphatic heterocycles. The Labute approximate surface area is 172 Å². The van der Waals surface area contributed by atoms with Gasteiger partial charge in [-0.3, -0.25) is 9.59 Å². The molecule has 2 aromatic carbocycles. The van der Waals surface area contributed by atoms with Crippen LogP contribution in [0.2, 0.25) is 0 Å². The number of hydrogen-bond donors (Lipinski definition) is 0. The summed E-state index contributed by atoms with van der Waals surface area (Å²) >= 11 is 0. The lowest BCUT2D eigenvalue weighted by Gasteiger charge is -2.30. The number of nitrogens with zero attached hydrogens (tertiary/aromatic N) is 2. The van der Waals surface area contributed by atoms with Crippen LogP contribution in [0.4, 0.5) is 0 Å². The van der Waals surface area contributed by atoms with Gasteiger partial charge in [0.2, 0.25) is 0 Å². The minimum absolute atomic E-state index is 0.0505. The van der Waals surface area contributed by atoms with E-state index in [1.54, 1.807) is 43.4 Å². The Morgan fingerprint density at radius 2 is 1.59 bits per heavy atom. The zero-order valence-electron chi connectivity index (χ0n) is 17.5. The molecule has 0 saturated carbocycles. The maximum absolute atomic E-state index is 13.1. The number of benzene rings is 2. The highest BCUT2D eigenvalue weighted by Crippen LogP contribution is 2.33. The Bertz CT molecular complexity index is 906. The van der Waals surface area contributed by atoms with Crippen molar-refractivity contribution in [3.63, 3.8) is 0 Å². The molecule has 0 aliphatic carbocycles. The first-order chi connectivity index (χ1) is 14.0. The van der Waals surface area contributed by atoms with Gasteiger partial charge in [-0.15, -0.1) is 0 Å². The zero-order valence-corrected chi connectivity index (χ0v) is 17.5. The smallest absolute Gasteiger partial charge is 0.254 e. The van der Waals surface area contributed by atoms with Gasteiger partial charge in [0.1, 0.15) is 0 Å². The summed E-state index contributed by atoms with van der Waals surface area (Å²) in [6.07, 6.45) is 0.750. The van der Waals surface area contributed by atoms with E-state index in [9.17, 15) is 9.59 Å². The Balaban J connectivity index is 1.82. The van der Waals surface area contributed by atoms with Crippen molar-refractivity contribution in [1.29, 1.82) is 0 Å². The van der Waals surface area contributed by atoms with Crippen LogP contribution < -0.4 is 9.47 Å². The fourth-order valence-corrected chi connectivity index (χ4v) is 3.72. The van der Waals surface area contributed by atoms with E-state index in [1.807, 2.05) is 30.9 Å². The van der Waals surface area contributed by atoms with Crippen LogP contribution in [0.1, 0.15) is 45.7 Å². The molecule has 0 fully saturated rings. The molecule has 1 heterocycles. The predicted molar refractivity (Wildman–Crippen MR) is 112 cm³/mol. The van der Waals surface area contributed by atoms with Gasteiger partial charge in [0.05, 0.1) is 14.2 Å². The largest absolute Gasteiger partial charge is 0.493 e. The van der Waals surface area contributed by atoms with E-state index in [0.717, 1.165) is 17.5 Å². The fourth-order valence-electron chi connectivity index (χ4n) is 3.72. The predicted octanol–water partition coefficient (Wildman–Crippen LogP) is 3.38. The summed E-state index contributed by atoms with van der Waals surface area (Å²) in [6, 6.07) is 10.9. The molecular formula is C23H28N2O4. The van der Waals surface area contributed by atoms with Crippen LogP contribution >= 0.6 is 0 Å². The van der Waals surface area contributed by atoms with Gasteiger partial charge < -0.3 is 19.3 Å². The molecule has 29 heavy (non-hydrogen) atoms. The number of hydrogen-bond acceptors (Lipinski definition) is 4. The summed E-state index contributed by atoms with van der Waals surface area (Å²) in [4.78, 5) is 29.3. The van der Waals surface area contributed by atoms with Gasteiger partial charge in [-0.25, -0.2) is 0 Å². The van der Waals surface area contributed by atoms with Gasteiger partial charge >= 0.3 is 0 Å². The third-order valence-electron chi connectivity index (χ3n) is 5.41. The van der Waals surface area contributed by atoms with Crippen LogP contribution in [0.15, 0.2) is 36.4 Å². The van der Waals surface area contributed by atoms with E-state index in [-0.39, 0.29) is 11.8 Å². The topological polar surface area (TPSA) is 59.1 Å². The highest BCUT2D eigenvalue weighted by Gasteiger charge is 2.24. The Kier molecular flexibility index (Phi) is 6.42. The SMILES string of the molecule is CCN(CC)C(=O)c1cccc(C(=O)N2CCc3cc(OC)c(OC)cc3C2)c1. The average molecular weight is 396 g/mol. The lowest BCUT2D eigenvalue weighted by Crippen LogP contribution is -2.36. The molecule has 0 aromatic heterocycles. The van der Waals surface area contributed by atoms with Gasteiger partial charge in [-0.2, -0.15) is 0 Å². The molecule has 0 atom stereocenters. The van der Waals surface area contributed by atoms with E-state index in [2.05, 4.69) is 0 Å². The second-order valence-electron chi connectivity index (χ2n) is 7.01. The van der Waals surface area contributed by atoms with Gasteiger partial charge in [0.15, 0.2) is 11.5 Å². The molecule has 6 nitrogen and oxygen atoms in total. The van der Waals surface area contributed by atoms with Crippen molar-refractivity contribution in [2.24, 2.45) is 0 Å². The van der Waals surface area contributed by atoms with Crippen LogP contribution in [0.5, 0.6) is 11.5 Å². The summed E-state index contributed by atoms with van der Waals surface area (Å²) < 4.78 is 10.8. The molecule has 0 saturated heterocycles. The van der Waals surface area contributed by atoms with Crippen LogP contribution in [-0.4, -0.2) is 55.5 Å². The van der Waals surface area contributed by atoms with E-state index in [0.29, 0.717) is 48.8 Å². The minimum atomic E-state index is -0.0698. The Morgan fingerprint density at radius 1 is 0.966 bits per heavy atom. The van der Waals surface area contributed by atoms with E-state index in [1.165, 1.54) is 0 Å². The van der Waals surface area contributed by atoms with Crippen molar-refractivity contribution in [2.45, 2.75) is 26.8 Å². The van der Waals surface area contributed by atoms with Gasteiger partial charge in [-0.05, 0) is 61.7 Å². The van der Waals surface area contributed by atoms with Crippen LogP contribution in [0.3, 0.4) is 0 Å². The first-order valence-corrected chi connectivity index (χ1v) is 9.94. The Hall–Kier alpha value is -3.02. The van der Waals surface area contributed by atoms with Crippen molar-refractivity contribution < 1.29 is 19.1 Å². The number of fused-ring (bicyclic) bond motifs is 1. The number of carbonyl (C=O) groups excluding carboxylic acids is 2. The monoisotopic (exact) mass is 396 g/mol. The lowest BCUT2D eigenvalue weighted by atomic mass is 9.98. The number of methoxy groups -OCH3 is 2. The molecule has 1 aliphatic rings. The molecule has 2 amide bonds. The molecule has 0 radical (unpaired) electrons. The van der Waals surface area contributed by atoms with Crippen molar-refractivity contribution in [3.05, 3.63) is 58.7 Å². The van der Waals surface area contributed by atoms with E-state index >= 15 is 0 Å². The number of ether oxygens (including phenoxy) is 2. The second-order valence-corrected chi connectivity index (χ2v) is 7.01. The Morgan fingerprint density at radius 3 is 2.21 bits per heavy atom. The first kappa shape index (κ1) is 20.7. The van der Waals surface area contributed by atoms with Gasteiger partial charge in [-0.1, -0.05) is 6.07 Å². The third kappa shape index (κ3) is 4.21. The van der Waals surface area contributed by atoms with Crippen molar-refractivity contribution in [1.82, 2.24) is 9.80 Å². The standard InChI is InChI=1S/C23H28N2O4/c1-5-24(6-2)22(26)17-8-7-9-18(12-17)23(27)25-11-10-16-13-20(28-3)21(29-4)14-19(16)15-25/h7-9,12-14H,5-6,10-11,15H2,1-4H3. The van der Waals surface area contributed by atoms with Crippen molar-refractivity contribution in [3.8, 4) is 11.5 Å². The maximum atomic E-state index is 13.1. The highest BCUT2D eigenvalue weighted by molar-refractivity contribution is 5.99. The van der Waals surface area contributed by atoms with Gasteiger partial charge in [0.25, 0.3) is 11.8 Å². The quantitative estimate of drug-likeness (QED) is 0.751. The van der Waals surface area contributed by atoms with Crippen molar-refractivity contribution >= 4 is 11.8 Å². The number of carbonyl (C=O) groups is 2. The molecule has 0 spiro atoms. The zero-order chi connectivity index (χ0) is 21.0. The molecule has 0 bridgehead atoms. The fraction of sp³-hybridized carbons (Fsp3) is 0.391. The maximum Gasteiger partial charge on any atom is 0.254 e. The molecular weight excluding hydrogens is 368 g/mol. The summed E-state index contributed by atoms with van der Waals surface area (Å²) in [5.74, 6) is 1.24. The summed E-state index contributed by atoms with van der Waals surface area (Å²) in [6.45, 7) is 6.30. The number of amides is 2. The molecule has 6 heteroatoms. The normalized spacial score (nSPS) is 12.9. The van der Waals surface area contributed by atoms with Crippen LogP contribution in [0, 0.1) is 0 Å². The molecule has 3 rings (SSSR count). The van der Waals surface area contributed by atoms with Crippen molar-refractivity contribution in [2.75, 3.05) is 33.9 Å². The third-order valence-corrected chi connectivity index (χ3v) is 5.41. The van der Waals surface area contributed by atoms with E-state index in [4.69, 9.17) is 9.47 Å². The van der Waals surface area contributed by atoms with Crippen LogP contribution in [0.25, 0.3) is 0 Å². The van der Waals surface area contributed by atoms with Gasteiger partial charge in [0, 0.05) is 37.3 Å². The highest BCUT2D eigenvalue weighted by atomic mass is 16.5. The summed E-state index contributed by atoms with van der Waals surface area (Å²) in [5.41, 5.74) is 3.30. The van der Waals surface area contributed by atoms with E-state index < -0.39 is 0 Å². The average Bonchev–Trinajstić information content (AvgIpc) is 2.77. The summed E-state index contributed by atoms with van der Waals surface area (Å²) in [5, 5.41) is 0. The molecule has 2 aromatic rings. The summed E-state index contributed by atoms with van der Waals surface area (Å²) in [7, 11) is 3.23. The molecule has 0 N–H and O–H groups in total. The van der Waals surface area contributed by atoms with Crippen LogP contribution in [-0.2, 0) is 13.0 Å². The first-order valence-electron chi connectivity index (χ1n) is 9.94.